The third kappa shape index (κ3) is 2.85. The minimum absolute atomic E-state index is 0.312. The Morgan fingerprint density at radius 3 is 2.50 bits per heavy atom. The molecule has 3 atom stereocenters. The van der Waals surface area contributed by atoms with Crippen molar-refractivity contribution in [2.75, 3.05) is 18.0 Å². The number of fused-ring (bicyclic) bond motifs is 1. The van der Waals surface area contributed by atoms with Crippen LogP contribution < -0.4 is 4.90 Å². The summed E-state index contributed by atoms with van der Waals surface area (Å²) in [6.45, 7) is 4.46. The van der Waals surface area contributed by atoms with Crippen LogP contribution in [0.3, 0.4) is 0 Å². The molecule has 1 aromatic rings. The number of benzene rings is 1. The highest BCUT2D eigenvalue weighted by Gasteiger charge is 2.31. The van der Waals surface area contributed by atoms with E-state index >= 15 is 0 Å². The summed E-state index contributed by atoms with van der Waals surface area (Å²) in [5, 5.41) is 9.87. The molecule has 0 radical (unpaired) electrons. The molecule has 1 aliphatic heterocycles. The van der Waals surface area contributed by atoms with Gasteiger partial charge in [0.25, 0.3) is 0 Å². The van der Waals surface area contributed by atoms with Crippen LogP contribution in [0.15, 0.2) is 24.3 Å². The molecule has 1 aromatic carbocycles. The fourth-order valence-corrected chi connectivity index (χ4v) is 3.98. The average Bonchev–Trinajstić information content (AvgIpc) is 2.54. The molecule has 20 heavy (non-hydrogen) atoms. The van der Waals surface area contributed by atoms with Gasteiger partial charge in [-0.3, -0.25) is 0 Å². The lowest BCUT2D eigenvalue weighted by atomic mass is 9.75. The van der Waals surface area contributed by atoms with E-state index in [-0.39, 0.29) is 6.10 Å². The second kappa shape index (κ2) is 6.17. The zero-order chi connectivity index (χ0) is 13.9. The van der Waals surface area contributed by atoms with Crippen molar-refractivity contribution in [3.8, 4) is 0 Å². The van der Waals surface area contributed by atoms with Gasteiger partial charge in [0, 0.05) is 18.8 Å². The highest BCUT2D eigenvalue weighted by Crippen LogP contribution is 2.37. The maximum absolute atomic E-state index is 9.87. The Morgan fingerprint density at radius 1 is 1.10 bits per heavy atom. The minimum Gasteiger partial charge on any atom is -0.388 e. The third-order valence-electron chi connectivity index (χ3n) is 5.32. The average molecular weight is 273 g/mol. The van der Waals surface area contributed by atoms with Crippen LogP contribution in [0, 0.1) is 11.8 Å². The summed E-state index contributed by atoms with van der Waals surface area (Å²) in [7, 11) is 0. The van der Waals surface area contributed by atoms with Gasteiger partial charge < -0.3 is 10.0 Å². The molecular weight excluding hydrogens is 246 g/mol. The van der Waals surface area contributed by atoms with Crippen molar-refractivity contribution in [2.24, 2.45) is 11.8 Å². The second-order valence-corrected chi connectivity index (χ2v) is 6.55. The summed E-state index contributed by atoms with van der Waals surface area (Å²) in [4.78, 5) is 2.55. The fourth-order valence-electron chi connectivity index (χ4n) is 3.98. The van der Waals surface area contributed by atoms with E-state index in [0.717, 1.165) is 23.8 Å². The first kappa shape index (κ1) is 13.9. The third-order valence-corrected chi connectivity index (χ3v) is 5.32. The number of anilines is 1. The number of piperidine rings is 1. The number of hydrogen-bond acceptors (Lipinski definition) is 2. The van der Waals surface area contributed by atoms with Gasteiger partial charge in [-0.1, -0.05) is 38.3 Å². The molecule has 110 valence electrons. The molecule has 0 aromatic heterocycles. The first-order valence-electron chi connectivity index (χ1n) is 8.31. The van der Waals surface area contributed by atoms with E-state index in [9.17, 15) is 5.11 Å². The van der Waals surface area contributed by atoms with Gasteiger partial charge in [-0.25, -0.2) is 0 Å². The lowest BCUT2D eigenvalue weighted by molar-refractivity contribution is 0.173. The van der Waals surface area contributed by atoms with Crippen LogP contribution >= 0.6 is 0 Å². The Morgan fingerprint density at radius 2 is 1.80 bits per heavy atom. The fraction of sp³-hybridized carbons (Fsp3) is 0.667. The molecule has 1 heterocycles. The number of rotatable bonds is 3. The van der Waals surface area contributed by atoms with E-state index < -0.39 is 0 Å². The van der Waals surface area contributed by atoms with Crippen molar-refractivity contribution < 1.29 is 5.11 Å². The van der Waals surface area contributed by atoms with E-state index in [1.165, 1.54) is 50.9 Å². The van der Waals surface area contributed by atoms with Gasteiger partial charge in [0.1, 0.15) is 0 Å². The van der Waals surface area contributed by atoms with E-state index in [4.69, 9.17) is 0 Å². The van der Waals surface area contributed by atoms with Gasteiger partial charge in [-0.15, -0.1) is 0 Å². The first-order valence-corrected chi connectivity index (χ1v) is 8.31. The second-order valence-electron chi connectivity index (χ2n) is 6.55. The molecule has 3 rings (SSSR count). The molecule has 0 bridgehead atoms. The van der Waals surface area contributed by atoms with Gasteiger partial charge in [-0.2, -0.15) is 0 Å². The number of aliphatic hydroxyl groups is 1. The van der Waals surface area contributed by atoms with Crippen molar-refractivity contribution in [3.05, 3.63) is 29.8 Å². The largest absolute Gasteiger partial charge is 0.388 e. The van der Waals surface area contributed by atoms with E-state index in [0.29, 0.717) is 0 Å². The lowest BCUT2D eigenvalue weighted by Crippen LogP contribution is -2.41. The molecule has 2 heteroatoms. The van der Waals surface area contributed by atoms with Crippen molar-refractivity contribution in [1.29, 1.82) is 0 Å². The predicted octanol–water partition coefficient (Wildman–Crippen LogP) is 4.15. The minimum atomic E-state index is -0.312. The number of hydrogen-bond donors (Lipinski definition) is 1. The zero-order valence-electron chi connectivity index (χ0n) is 12.6. The molecule has 1 saturated carbocycles. The van der Waals surface area contributed by atoms with Crippen molar-refractivity contribution >= 4 is 5.69 Å². The van der Waals surface area contributed by atoms with Crippen LogP contribution in [0.5, 0.6) is 0 Å². The van der Waals surface area contributed by atoms with Crippen LogP contribution in [0.2, 0.25) is 0 Å². The quantitative estimate of drug-likeness (QED) is 0.894. The smallest absolute Gasteiger partial charge is 0.0787 e. The number of nitrogens with zero attached hydrogens (tertiary/aromatic N) is 1. The molecule has 1 aliphatic carbocycles. The Hall–Kier alpha value is -1.02. The SMILES string of the molecule is CCC(O)c1ccc(N2CCC3CCCCC3C2)cc1. The lowest BCUT2D eigenvalue weighted by Gasteiger charge is -2.42. The van der Waals surface area contributed by atoms with Crippen molar-refractivity contribution in [2.45, 2.75) is 51.6 Å². The highest BCUT2D eigenvalue weighted by atomic mass is 16.3. The van der Waals surface area contributed by atoms with Crippen molar-refractivity contribution in [1.82, 2.24) is 0 Å². The van der Waals surface area contributed by atoms with Crippen LogP contribution in [0.4, 0.5) is 5.69 Å². The molecular formula is C18H27NO. The summed E-state index contributed by atoms with van der Waals surface area (Å²) in [6.07, 6.45) is 7.60. The Labute approximate surface area is 122 Å². The summed E-state index contributed by atoms with van der Waals surface area (Å²) in [5.41, 5.74) is 2.38. The normalized spacial score (nSPS) is 28.0. The topological polar surface area (TPSA) is 23.5 Å². The molecule has 0 spiro atoms. The highest BCUT2D eigenvalue weighted by molar-refractivity contribution is 5.48. The van der Waals surface area contributed by atoms with Gasteiger partial charge in [-0.05, 0) is 48.8 Å². The van der Waals surface area contributed by atoms with E-state index in [1.54, 1.807) is 0 Å². The Kier molecular flexibility index (Phi) is 4.30. The first-order chi connectivity index (χ1) is 9.78. The van der Waals surface area contributed by atoms with Crippen LogP contribution in [0.25, 0.3) is 0 Å². The van der Waals surface area contributed by atoms with Gasteiger partial charge in [0.05, 0.1) is 6.10 Å². The maximum atomic E-state index is 9.87. The monoisotopic (exact) mass is 273 g/mol. The van der Waals surface area contributed by atoms with Gasteiger partial charge in [0.15, 0.2) is 0 Å². The van der Waals surface area contributed by atoms with Crippen LogP contribution in [-0.2, 0) is 0 Å². The zero-order valence-corrected chi connectivity index (χ0v) is 12.6. The summed E-state index contributed by atoms with van der Waals surface area (Å²) >= 11 is 0. The Bertz CT molecular complexity index is 428. The molecule has 1 N–H and O–H groups in total. The summed E-state index contributed by atoms with van der Waals surface area (Å²) < 4.78 is 0. The van der Waals surface area contributed by atoms with Crippen LogP contribution in [-0.4, -0.2) is 18.2 Å². The van der Waals surface area contributed by atoms with Gasteiger partial charge >= 0.3 is 0 Å². The maximum Gasteiger partial charge on any atom is 0.0787 e. The standard InChI is InChI=1S/C18H27NO/c1-2-18(20)15-7-9-17(10-8-15)19-12-11-14-5-3-4-6-16(14)13-19/h7-10,14,16,18,20H,2-6,11-13H2,1H3. The van der Waals surface area contributed by atoms with E-state index in [1.807, 2.05) is 6.92 Å². The molecule has 2 nitrogen and oxygen atoms in total. The van der Waals surface area contributed by atoms with E-state index in [2.05, 4.69) is 29.2 Å². The molecule has 1 saturated heterocycles. The molecule has 0 amide bonds. The molecule has 2 fully saturated rings. The Balaban J connectivity index is 1.67. The summed E-state index contributed by atoms with van der Waals surface area (Å²) in [6, 6.07) is 8.57. The van der Waals surface area contributed by atoms with Crippen molar-refractivity contribution in [3.63, 3.8) is 0 Å². The van der Waals surface area contributed by atoms with Crippen LogP contribution in [0.1, 0.15) is 57.1 Å². The number of aliphatic hydroxyl groups excluding tert-OH is 1. The molecule has 2 aliphatic rings. The molecule has 3 unspecified atom stereocenters. The van der Waals surface area contributed by atoms with Gasteiger partial charge in [0.2, 0.25) is 0 Å². The predicted molar refractivity (Wildman–Crippen MR) is 84.0 cm³/mol. The summed E-state index contributed by atoms with van der Waals surface area (Å²) in [5.74, 6) is 1.90.